The number of rotatable bonds is 23. The van der Waals surface area contributed by atoms with Gasteiger partial charge in [0.15, 0.2) is 11.5 Å². The summed E-state index contributed by atoms with van der Waals surface area (Å²) in [4.78, 5) is 80.2. The lowest BCUT2D eigenvalue weighted by molar-refractivity contribution is -0.385. The number of allylic oxidation sites excluding steroid dienone is 2. The third-order valence-electron chi connectivity index (χ3n) is 12.8. The Balaban J connectivity index is 1.25. The van der Waals surface area contributed by atoms with E-state index in [0.717, 1.165) is 31.2 Å². The molecule has 3 aliphatic rings. The molecule has 0 radical (unpaired) electrons. The van der Waals surface area contributed by atoms with Crippen molar-refractivity contribution in [3.05, 3.63) is 75.9 Å². The molecule has 18 heteroatoms. The second-order valence-electron chi connectivity index (χ2n) is 21.2. The van der Waals surface area contributed by atoms with Crippen molar-refractivity contribution in [1.29, 1.82) is 0 Å². The fraction of sp³-hybridized carbons (Fsp3) is 0.627. The summed E-state index contributed by atoms with van der Waals surface area (Å²) >= 11 is 0. The van der Waals surface area contributed by atoms with E-state index in [4.69, 9.17) is 18.9 Å². The predicted molar refractivity (Wildman–Crippen MR) is 260 cm³/mol. The first-order valence-corrected chi connectivity index (χ1v) is 24.2. The van der Waals surface area contributed by atoms with Crippen molar-refractivity contribution < 1.29 is 47.8 Å². The number of nitro groups is 1. The van der Waals surface area contributed by atoms with Crippen LogP contribution < -0.4 is 41.6 Å². The monoisotopic (exact) mass is 962 g/mol. The van der Waals surface area contributed by atoms with Crippen molar-refractivity contribution in [3.63, 3.8) is 0 Å². The number of carbonyl (C=O) groups is 5. The van der Waals surface area contributed by atoms with Crippen LogP contribution in [-0.2, 0) is 35.1 Å². The predicted octanol–water partition coefficient (Wildman–Crippen LogP) is 6.66. The van der Waals surface area contributed by atoms with Crippen LogP contribution in [0.4, 0.5) is 10.5 Å². The molecule has 69 heavy (non-hydrogen) atoms. The quantitative estimate of drug-likeness (QED) is 0.0297. The highest BCUT2D eigenvalue weighted by Crippen LogP contribution is 2.56. The van der Waals surface area contributed by atoms with E-state index < -0.39 is 70.2 Å². The van der Waals surface area contributed by atoms with Gasteiger partial charge in [0.1, 0.15) is 23.7 Å². The van der Waals surface area contributed by atoms with Crippen LogP contribution in [0.1, 0.15) is 131 Å². The Morgan fingerprint density at radius 2 is 1.57 bits per heavy atom. The first-order valence-electron chi connectivity index (χ1n) is 24.2. The third-order valence-corrected chi connectivity index (χ3v) is 12.8. The molecule has 2 saturated carbocycles. The molecule has 0 heterocycles. The summed E-state index contributed by atoms with van der Waals surface area (Å²) in [5.74, 6) is -0.265. The van der Waals surface area contributed by atoms with Crippen molar-refractivity contribution in [3.8, 4) is 11.5 Å². The average molecular weight is 962 g/mol. The zero-order chi connectivity index (χ0) is 50.8. The van der Waals surface area contributed by atoms with E-state index in [-0.39, 0.29) is 66.0 Å². The molecule has 2 fully saturated rings. The summed E-state index contributed by atoms with van der Waals surface area (Å²) < 4.78 is 23.1. The number of methoxy groups -OCH3 is 1. The Hall–Kier alpha value is -5.75. The first-order chi connectivity index (χ1) is 32.4. The van der Waals surface area contributed by atoms with Gasteiger partial charge in [-0.15, -0.1) is 0 Å². The normalized spacial score (nSPS) is 21.5. The summed E-state index contributed by atoms with van der Waals surface area (Å²) in [5, 5.41) is 24.1. The summed E-state index contributed by atoms with van der Waals surface area (Å²) in [6, 6.07) is 7.34. The number of amides is 5. The number of hydrogen-bond acceptors (Lipinski definition) is 12. The number of hydrogen-bond donors (Lipinski definition) is 6. The van der Waals surface area contributed by atoms with Crippen LogP contribution in [0.5, 0.6) is 11.5 Å². The molecule has 5 rings (SSSR count). The smallest absolute Gasteiger partial charge is 0.408 e. The standard InChI is InChI=1S/C51H75N7O11/c1-30(2)24-38(52-45(60)39(26-33-16-13-12-14-17-33)53-48(63)69-50(8,9)10)46(61)54-44(32(4)68-49(5,6)7)47(62)57-56-31(3)36-27-41(66-11)42(28-40(36)58(64)65)67-23-15-18-43(59)55-51-22-21-35-20-19-34(29-51)25-37(35)51/h12-14,16-17,19-20,27-28,30-32,34-35,37-39,44,56H,15,18,21-26,29H2,1-11H3,(H,52,60)(H,53,63)(H,54,61)(H,55,59)(H,57,62)/t31?,32-,34?,35?,37?,38+,39+,44+,51?/m1/s1. The molecule has 5 amide bonds. The Morgan fingerprint density at radius 1 is 0.870 bits per heavy atom. The Bertz CT molecular complexity index is 2170. The topological polar surface area (TPSA) is 238 Å². The van der Waals surface area contributed by atoms with Crippen LogP contribution in [0.25, 0.3) is 0 Å². The number of hydrazine groups is 1. The molecular formula is C51H75N7O11. The molecule has 18 nitrogen and oxygen atoms in total. The maximum Gasteiger partial charge on any atom is 0.408 e. The molecular weight excluding hydrogens is 887 g/mol. The van der Waals surface area contributed by atoms with E-state index in [9.17, 15) is 34.1 Å². The van der Waals surface area contributed by atoms with Gasteiger partial charge < -0.3 is 40.2 Å². The van der Waals surface area contributed by atoms with Gasteiger partial charge in [0.05, 0.1) is 48.0 Å². The second-order valence-corrected chi connectivity index (χ2v) is 21.2. The van der Waals surface area contributed by atoms with Gasteiger partial charge in [0, 0.05) is 18.4 Å². The van der Waals surface area contributed by atoms with Gasteiger partial charge in [0.2, 0.25) is 17.7 Å². The molecule has 2 aromatic rings. The van der Waals surface area contributed by atoms with Crippen molar-refractivity contribution in [2.24, 2.45) is 23.7 Å². The molecule has 0 aliphatic heterocycles. The van der Waals surface area contributed by atoms with E-state index in [1.807, 2.05) is 44.2 Å². The molecule has 0 saturated heterocycles. The molecule has 2 aromatic carbocycles. The maximum absolute atomic E-state index is 14.2. The lowest BCUT2D eigenvalue weighted by Crippen LogP contribution is -2.61. The van der Waals surface area contributed by atoms with Crippen LogP contribution in [-0.4, -0.2) is 89.3 Å². The minimum absolute atomic E-state index is 0.0253. The maximum atomic E-state index is 14.2. The lowest BCUT2D eigenvalue weighted by Gasteiger charge is -2.32. The number of benzene rings is 2. The van der Waals surface area contributed by atoms with E-state index in [2.05, 4.69) is 44.3 Å². The molecule has 6 N–H and O–H groups in total. The van der Waals surface area contributed by atoms with E-state index in [0.29, 0.717) is 24.2 Å². The fourth-order valence-corrected chi connectivity index (χ4v) is 9.83. The molecule has 3 aliphatic carbocycles. The first kappa shape index (κ1) is 54.2. The Morgan fingerprint density at radius 3 is 2.20 bits per heavy atom. The lowest BCUT2D eigenvalue weighted by atomic mass is 9.84. The van der Waals surface area contributed by atoms with E-state index >= 15 is 0 Å². The van der Waals surface area contributed by atoms with Crippen LogP contribution >= 0.6 is 0 Å². The molecule has 0 aromatic heterocycles. The molecule has 2 bridgehead atoms. The Kier molecular flexibility index (Phi) is 18.3. The number of nitrogens with zero attached hydrogens (tertiary/aromatic N) is 1. The number of nitro benzene ring substituents is 1. The SMILES string of the molecule is COc1cc(C(C)NNC(=O)[C@@H](NC(=O)[C@H](CC(C)C)NC(=O)[C@H](Cc2ccccc2)NC(=O)OC(C)(C)C)[C@@H](C)OC(C)(C)C)c([N+](=O)[O-])cc1OCCCC(=O)NC12CCC3C=CC(CC31)C2. The minimum Gasteiger partial charge on any atom is -0.493 e. The van der Waals surface area contributed by atoms with Crippen molar-refractivity contribution >= 4 is 35.4 Å². The van der Waals surface area contributed by atoms with Gasteiger partial charge in [0.25, 0.3) is 11.6 Å². The molecule has 0 spiro atoms. The molecule has 9 atom stereocenters. The van der Waals surface area contributed by atoms with Crippen molar-refractivity contribution in [1.82, 2.24) is 32.1 Å². The summed E-state index contributed by atoms with van der Waals surface area (Å²) in [6.07, 6.45) is 8.04. The number of carbonyl (C=O) groups excluding carboxylic acids is 5. The summed E-state index contributed by atoms with van der Waals surface area (Å²) in [5.41, 5.74) is 4.36. The summed E-state index contributed by atoms with van der Waals surface area (Å²) in [7, 11) is 1.41. The zero-order valence-corrected chi connectivity index (χ0v) is 42.2. The van der Waals surface area contributed by atoms with Crippen LogP contribution in [0.15, 0.2) is 54.6 Å². The Labute approximate surface area is 406 Å². The average Bonchev–Trinajstić information content (AvgIpc) is 3.74. The van der Waals surface area contributed by atoms with Crippen LogP contribution in [0, 0.1) is 33.8 Å². The van der Waals surface area contributed by atoms with E-state index in [1.54, 1.807) is 55.4 Å². The van der Waals surface area contributed by atoms with Gasteiger partial charge in [-0.1, -0.05) is 56.3 Å². The number of nitrogens with one attached hydrogen (secondary N) is 6. The van der Waals surface area contributed by atoms with Gasteiger partial charge >= 0.3 is 6.09 Å². The third kappa shape index (κ3) is 15.4. The van der Waals surface area contributed by atoms with Gasteiger partial charge in [-0.05, 0) is 129 Å². The van der Waals surface area contributed by atoms with Gasteiger partial charge in [-0.3, -0.25) is 34.7 Å². The van der Waals surface area contributed by atoms with Gasteiger partial charge in [-0.25, -0.2) is 10.2 Å². The van der Waals surface area contributed by atoms with Crippen LogP contribution in [0.2, 0.25) is 0 Å². The molecule has 5 unspecified atom stereocenters. The second kappa shape index (κ2) is 23.2. The minimum atomic E-state index is -1.32. The summed E-state index contributed by atoms with van der Waals surface area (Å²) in [6.45, 7) is 17.6. The number of alkyl carbamates (subject to hydrolysis) is 1. The number of ether oxygens (including phenoxy) is 4. The van der Waals surface area contributed by atoms with E-state index in [1.165, 1.54) is 19.2 Å². The number of fused-ring (bicyclic) bond motifs is 1. The largest absolute Gasteiger partial charge is 0.493 e. The van der Waals surface area contributed by atoms with Crippen molar-refractivity contribution in [2.75, 3.05) is 13.7 Å². The zero-order valence-electron chi connectivity index (χ0n) is 42.2. The highest BCUT2D eigenvalue weighted by atomic mass is 16.6. The highest BCUT2D eigenvalue weighted by molar-refractivity contribution is 5.94. The van der Waals surface area contributed by atoms with Crippen molar-refractivity contribution in [2.45, 2.75) is 168 Å². The highest BCUT2D eigenvalue weighted by Gasteiger charge is 2.55. The fourth-order valence-electron chi connectivity index (χ4n) is 9.83. The molecule has 380 valence electrons. The van der Waals surface area contributed by atoms with Crippen LogP contribution in [0.3, 0.4) is 0 Å². The van der Waals surface area contributed by atoms with Gasteiger partial charge in [-0.2, -0.15) is 0 Å².